The van der Waals surface area contributed by atoms with Crippen molar-refractivity contribution >= 4 is 12.0 Å². The summed E-state index contributed by atoms with van der Waals surface area (Å²) in [6.07, 6.45) is -8.13. The highest BCUT2D eigenvalue weighted by molar-refractivity contribution is 5.87. The number of hydrogen-bond acceptors (Lipinski definition) is 15. The van der Waals surface area contributed by atoms with Crippen LogP contribution in [0, 0.1) is 11.8 Å². The van der Waals surface area contributed by atoms with Gasteiger partial charge in [0.05, 0.1) is 38.1 Å². The zero-order valence-corrected chi connectivity index (χ0v) is 23.3. The number of ether oxygens (including phenoxy) is 6. The maximum atomic E-state index is 12.3. The molecule has 2 saturated heterocycles. The molecule has 1 aliphatic carbocycles. The SMILES string of the molecule is O=C(/C=C\c1ccc(O)cc1)O[C@@H]1CO[C@@H](O[C@@H]2C=C(CO)[C@H]3[C@H](O[C@@H]4O[C@H](CO)[C@@H](O)[C@H](O)[C@H]4O)OC=C[C@H]32)[C@H](O)[C@H]1O. The van der Waals surface area contributed by atoms with Gasteiger partial charge in [-0.3, -0.25) is 0 Å². The Morgan fingerprint density at radius 2 is 1.64 bits per heavy atom. The van der Waals surface area contributed by atoms with Gasteiger partial charge in [-0.2, -0.15) is 0 Å². The number of carbonyl (C=O) groups is 1. The van der Waals surface area contributed by atoms with Gasteiger partial charge in [0.25, 0.3) is 0 Å². The van der Waals surface area contributed by atoms with Gasteiger partial charge in [0.2, 0.25) is 6.29 Å². The number of rotatable bonds is 9. The summed E-state index contributed by atoms with van der Waals surface area (Å²) < 4.78 is 33.7. The Morgan fingerprint density at radius 3 is 2.34 bits per heavy atom. The largest absolute Gasteiger partial charge is 0.508 e. The van der Waals surface area contributed by atoms with Crippen molar-refractivity contribution in [3.05, 3.63) is 59.9 Å². The lowest BCUT2D eigenvalue weighted by Crippen LogP contribution is -2.60. The highest BCUT2D eigenvalue weighted by Crippen LogP contribution is 2.43. The monoisotopic (exact) mass is 624 g/mol. The molecule has 15 heteroatoms. The van der Waals surface area contributed by atoms with Crippen molar-refractivity contribution in [2.24, 2.45) is 11.8 Å². The van der Waals surface area contributed by atoms with E-state index >= 15 is 0 Å². The molecule has 0 bridgehead atoms. The van der Waals surface area contributed by atoms with Crippen LogP contribution in [0.25, 0.3) is 6.08 Å². The molecule has 15 nitrogen and oxygen atoms in total. The van der Waals surface area contributed by atoms with E-state index in [-0.39, 0.29) is 12.4 Å². The highest BCUT2D eigenvalue weighted by atomic mass is 16.8. The van der Waals surface area contributed by atoms with Gasteiger partial charge < -0.3 is 69.3 Å². The summed E-state index contributed by atoms with van der Waals surface area (Å²) in [4.78, 5) is 12.3. The summed E-state index contributed by atoms with van der Waals surface area (Å²) in [5.41, 5.74) is 1.05. The second kappa shape index (κ2) is 14.0. The maximum absolute atomic E-state index is 12.3. The molecule has 13 atom stereocenters. The fourth-order valence-electron chi connectivity index (χ4n) is 5.57. The van der Waals surface area contributed by atoms with E-state index in [0.717, 1.165) is 6.08 Å². The van der Waals surface area contributed by atoms with Crippen LogP contribution in [0.4, 0.5) is 0 Å². The predicted octanol–water partition coefficient (Wildman–Crippen LogP) is -2.37. The van der Waals surface area contributed by atoms with Crippen molar-refractivity contribution in [1.29, 1.82) is 0 Å². The van der Waals surface area contributed by atoms with Gasteiger partial charge in [-0.05, 0) is 35.4 Å². The van der Waals surface area contributed by atoms with E-state index in [1.54, 1.807) is 24.3 Å². The average molecular weight is 625 g/mol. The van der Waals surface area contributed by atoms with Crippen LogP contribution in [0.5, 0.6) is 5.75 Å². The molecule has 4 aliphatic rings. The summed E-state index contributed by atoms with van der Waals surface area (Å²) in [6.45, 7) is -1.37. The molecule has 1 aromatic rings. The number of carbonyl (C=O) groups excluding carboxylic acids is 1. The van der Waals surface area contributed by atoms with Crippen LogP contribution in [0.3, 0.4) is 0 Å². The first kappa shape index (κ1) is 32.5. The Balaban J connectivity index is 1.19. The Labute approximate surface area is 251 Å². The minimum atomic E-state index is -1.67. The smallest absolute Gasteiger partial charge is 0.331 e. The molecule has 8 N–H and O–H groups in total. The number of phenolic OH excluding ortho intramolecular Hbond substituents is 1. The fraction of sp³-hybridized carbons (Fsp3) is 0.552. The van der Waals surface area contributed by atoms with Gasteiger partial charge in [-0.25, -0.2) is 4.79 Å². The number of phenols is 1. The third kappa shape index (κ3) is 6.83. The quantitative estimate of drug-likeness (QED) is 0.0815. The first-order valence-electron chi connectivity index (χ1n) is 14.0. The van der Waals surface area contributed by atoms with Gasteiger partial charge in [-0.1, -0.05) is 18.2 Å². The van der Waals surface area contributed by atoms with E-state index in [1.165, 1.54) is 24.5 Å². The van der Waals surface area contributed by atoms with Gasteiger partial charge in [-0.15, -0.1) is 0 Å². The Bertz CT molecular complexity index is 1220. The third-order valence-electron chi connectivity index (χ3n) is 8.00. The summed E-state index contributed by atoms with van der Waals surface area (Å²) in [7, 11) is 0. The molecule has 0 unspecified atom stereocenters. The Kier molecular flexibility index (Phi) is 10.3. The minimum absolute atomic E-state index is 0.0724. The van der Waals surface area contributed by atoms with Crippen LogP contribution in [-0.2, 0) is 33.2 Å². The third-order valence-corrected chi connectivity index (χ3v) is 8.00. The van der Waals surface area contributed by atoms with Gasteiger partial charge in [0, 0.05) is 12.0 Å². The number of aliphatic hydroxyl groups is 7. The summed E-state index contributed by atoms with van der Waals surface area (Å²) >= 11 is 0. The molecule has 0 spiro atoms. The Morgan fingerprint density at radius 1 is 0.909 bits per heavy atom. The lowest BCUT2D eigenvalue weighted by molar-refractivity contribution is -0.340. The number of benzene rings is 1. The molecular formula is C29H36O15. The molecular weight excluding hydrogens is 588 g/mol. The van der Waals surface area contributed by atoms with Crippen molar-refractivity contribution in [3.63, 3.8) is 0 Å². The first-order valence-corrected chi connectivity index (χ1v) is 14.0. The molecule has 2 fully saturated rings. The number of hydrogen-bond donors (Lipinski definition) is 8. The molecule has 1 aromatic carbocycles. The van der Waals surface area contributed by atoms with Gasteiger partial charge in [0.1, 0.15) is 42.4 Å². The van der Waals surface area contributed by atoms with Crippen LogP contribution >= 0.6 is 0 Å². The normalized spacial score (nSPS) is 40.3. The molecule has 0 aromatic heterocycles. The second-order valence-electron chi connectivity index (χ2n) is 10.9. The van der Waals surface area contributed by atoms with Crippen LogP contribution in [0.15, 0.2) is 54.3 Å². The number of aliphatic hydroxyl groups excluding tert-OH is 7. The number of aromatic hydroxyl groups is 1. The molecule has 3 aliphatic heterocycles. The highest BCUT2D eigenvalue weighted by Gasteiger charge is 2.51. The van der Waals surface area contributed by atoms with Crippen molar-refractivity contribution in [2.45, 2.75) is 67.7 Å². The molecule has 0 amide bonds. The van der Waals surface area contributed by atoms with Crippen molar-refractivity contribution in [3.8, 4) is 5.75 Å². The van der Waals surface area contributed by atoms with Crippen LogP contribution in [-0.4, -0.2) is 134 Å². The lowest BCUT2D eigenvalue weighted by atomic mass is 9.88. The maximum Gasteiger partial charge on any atom is 0.331 e. The van der Waals surface area contributed by atoms with E-state index in [4.69, 9.17) is 28.4 Å². The molecule has 0 saturated carbocycles. The zero-order valence-electron chi connectivity index (χ0n) is 23.3. The molecule has 242 valence electrons. The van der Waals surface area contributed by atoms with Crippen LogP contribution < -0.4 is 0 Å². The van der Waals surface area contributed by atoms with Crippen LogP contribution in [0.1, 0.15) is 5.56 Å². The predicted molar refractivity (Wildman–Crippen MR) is 145 cm³/mol. The van der Waals surface area contributed by atoms with Gasteiger partial charge in [0.15, 0.2) is 18.7 Å². The van der Waals surface area contributed by atoms with Crippen molar-refractivity contribution in [1.82, 2.24) is 0 Å². The summed E-state index contributed by atoms with van der Waals surface area (Å²) in [5, 5.41) is 80.8. The molecule has 44 heavy (non-hydrogen) atoms. The van der Waals surface area contributed by atoms with E-state index in [1.807, 2.05) is 0 Å². The van der Waals surface area contributed by atoms with Gasteiger partial charge >= 0.3 is 5.97 Å². The standard InChI is InChI=1S/C29H36O15/c30-10-14-9-17(16-7-8-39-27(21(14)16)44-29-26(38)24(36)22(34)18(11-31)43-29)42-28-25(37)23(35)19(12-40-28)41-20(33)6-3-13-1-4-15(32)5-2-13/h1-9,16-19,21-32,34-38H,10-12H2/b6-3-/t16-,17+,18+,19+,21+,22+,23-,24-,25+,26+,27-,28-,29-/m0/s1. The second-order valence-corrected chi connectivity index (χ2v) is 10.9. The molecule has 0 radical (unpaired) electrons. The Hall–Kier alpha value is -2.93. The van der Waals surface area contributed by atoms with Crippen molar-refractivity contribution in [2.75, 3.05) is 19.8 Å². The lowest BCUT2D eigenvalue weighted by Gasteiger charge is -2.43. The molecule has 3 heterocycles. The van der Waals surface area contributed by atoms with Crippen LogP contribution in [0.2, 0.25) is 0 Å². The zero-order chi connectivity index (χ0) is 31.5. The van der Waals surface area contributed by atoms with E-state index < -0.39 is 98.7 Å². The van der Waals surface area contributed by atoms with E-state index in [2.05, 4.69) is 0 Å². The van der Waals surface area contributed by atoms with E-state index in [0.29, 0.717) is 11.1 Å². The minimum Gasteiger partial charge on any atom is -0.508 e. The summed E-state index contributed by atoms with van der Waals surface area (Å²) in [5.74, 6) is -1.93. The summed E-state index contributed by atoms with van der Waals surface area (Å²) in [6, 6.07) is 6.08. The topological polar surface area (TPSA) is 234 Å². The number of fused-ring (bicyclic) bond motifs is 1. The fourth-order valence-corrected chi connectivity index (χ4v) is 5.57. The van der Waals surface area contributed by atoms with E-state index in [9.17, 15) is 45.6 Å². The average Bonchev–Trinajstić information content (AvgIpc) is 3.39. The number of esters is 1. The first-order chi connectivity index (χ1) is 21.1. The molecule has 5 rings (SSSR count). The van der Waals surface area contributed by atoms with Crippen molar-refractivity contribution < 1.29 is 74.1 Å².